The normalized spacial score (nSPS) is 19.1. The Hall–Kier alpha value is -3.65. The van der Waals surface area contributed by atoms with Gasteiger partial charge in [-0.15, -0.1) is 20.4 Å². The molecule has 3 amide bonds. The Bertz CT molecular complexity index is 1300. The molecule has 14 heteroatoms. The number of carbonyl (C=O) groups excluding carboxylic acids is 3. The molecule has 1 unspecified atom stereocenters. The highest BCUT2D eigenvalue weighted by Gasteiger charge is 2.28. The predicted molar refractivity (Wildman–Crippen MR) is 151 cm³/mol. The average molecular weight is 570 g/mol. The molecule has 12 nitrogen and oxygen atoms in total. The van der Waals surface area contributed by atoms with Crippen LogP contribution in [0.2, 0.25) is 0 Å². The van der Waals surface area contributed by atoms with Crippen molar-refractivity contribution in [1.82, 2.24) is 25.3 Å². The largest absolute Gasteiger partial charge is 0.355 e. The van der Waals surface area contributed by atoms with E-state index < -0.39 is 0 Å². The van der Waals surface area contributed by atoms with Gasteiger partial charge < -0.3 is 25.8 Å². The number of benzene rings is 1. The Balaban J connectivity index is 1.08. The molecule has 2 aromatic heterocycles. The smallest absolute Gasteiger partial charge is 0.230 e. The second kappa shape index (κ2) is 12.5. The van der Waals surface area contributed by atoms with E-state index in [9.17, 15) is 14.4 Å². The summed E-state index contributed by atoms with van der Waals surface area (Å²) in [6.07, 6.45) is 4.26. The molecule has 3 aromatic rings. The molecule has 2 fully saturated rings. The summed E-state index contributed by atoms with van der Waals surface area (Å²) < 4.78 is 0. The SMILES string of the molecule is CC(=O)N1CCCCC1CC(=O)Nc1nnc(N2CC[C@@H](Nc3nnc(NC(=O)Cc4ccccc4)s3)C2)s1. The number of carbonyl (C=O) groups is 3. The Morgan fingerprint density at radius 3 is 2.46 bits per heavy atom. The van der Waals surface area contributed by atoms with E-state index >= 15 is 0 Å². The van der Waals surface area contributed by atoms with Gasteiger partial charge in [-0.05, 0) is 31.2 Å². The third-order valence-corrected chi connectivity index (χ3v) is 8.45. The summed E-state index contributed by atoms with van der Waals surface area (Å²) in [5, 5.41) is 28.0. The second-order valence-corrected chi connectivity index (χ2v) is 11.6. The number of likely N-dealkylation sites (tertiary alicyclic amines) is 1. The number of aromatic nitrogens is 4. The molecule has 206 valence electrons. The first-order valence-corrected chi connectivity index (χ1v) is 14.7. The van der Waals surface area contributed by atoms with E-state index in [1.807, 2.05) is 30.3 Å². The summed E-state index contributed by atoms with van der Waals surface area (Å²) in [6, 6.07) is 9.62. The predicted octanol–water partition coefficient (Wildman–Crippen LogP) is 2.99. The molecule has 3 N–H and O–H groups in total. The zero-order valence-corrected chi connectivity index (χ0v) is 23.3. The topological polar surface area (TPSA) is 145 Å². The fraction of sp³-hybridized carbons (Fsp3) is 0.480. The third kappa shape index (κ3) is 7.26. The highest BCUT2D eigenvalue weighted by atomic mass is 32.1. The summed E-state index contributed by atoms with van der Waals surface area (Å²) in [4.78, 5) is 40.7. The van der Waals surface area contributed by atoms with Crippen molar-refractivity contribution in [3.05, 3.63) is 35.9 Å². The third-order valence-electron chi connectivity index (χ3n) is 6.78. The van der Waals surface area contributed by atoms with Crippen LogP contribution in [-0.2, 0) is 20.8 Å². The van der Waals surface area contributed by atoms with Crippen LogP contribution in [0.25, 0.3) is 0 Å². The van der Waals surface area contributed by atoms with Crippen LogP contribution in [0.15, 0.2) is 30.3 Å². The molecule has 0 spiro atoms. The van der Waals surface area contributed by atoms with E-state index in [4.69, 9.17) is 0 Å². The van der Waals surface area contributed by atoms with Gasteiger partial charge in [-0.2, -0.15) is 0 Å². The number of rotatable bonds is 9. The van der Waals surface area contributed by atoms with Crippen LogP contribution in [0, 0.1) is 0 Å². The molecule has 2 atom stereocenters. The van der Waals surface area contributed by atoms with Gasteiger partial charge in [-0.3, -0.25) is 14.4 Å². The molecule has 0 aliphatic carbocycles. The zero-order chi connectivity index (χ0) is 27.2. The Morgan fingerprint density at radius 1 is 0.897 bits per heavy atom. The number of hydrogen-bond acceptors (Lipinski definition) is 11. The maximum atomic E-state index is 12.6. The number of piperidine rings is 1. The van der Waals surface area contributed by atoms with Gasteiger partial charge in [0, 0.05) is 45.1 Å². The maximum absolute atomic E-state index is 12.6. The molecule has 0 bridgehead atoms. The van der Waals surface area contributed by atoms with Crippen LogP contribution in [0.4, 0.5) is 20.5 Å². The van der Waals surface area contributed by atoms with Crippen molar-refractivity contribution in [2.24, 2.45) is 0 Å². The molecule has 39 heavy (non-hydrogen) atoms. The number of nitrogens with one attached hydrogen (secondary N) is 3. The fourth-order valence-electron chi connectivity index (χ4n) is 4.91. The molecule has 4 heterocycles. The van der Waals surface area contributed by atoms with E-state index in [1.165, 1.54) is 22.7 Å². The van der Waals surface area contributed by atoms with Gasteiger partial charge in [0.15, 0.2) is 0 Å². The lowest BCUT2D eigenvalue weighted by atomic mass is 9.99. The van der Waals surface area contributed by atoms with Gasteiger partial charge in [-0.1, -0.05) is 53.0 Å². The minimum absolute atomic E-state index is 0.0143. The van der Waals surface area contributed by atoms with Crippen LogP contribution in [-0.4, -0.2) is 74.7 Å². The Morgan fingerprint density at radius 2 is 1.64 bits per heavy atom. The van der Waals surface area contributed by atoms with E-state index in [0.29, 0.717) is 28.5 Å². The summed E-state index contributed by atoms with van der Waals surface area (Å²) in [5.41, 5.74) is 0.937. The first-order valence-electron chi connectivity index (χ1n) is 13.0. The van der Waals surface area contributed by atoms with Crippen LogP contribution in [0.3, 0.4) is 0 Å². The van der Waals surface area contributed by atoms with Crippen molar-refractivity contribution in [3.63, 3.8) is 0 Å². The van der Waals surface area contributed by atoms with Gasteiger partial charge >= 0.3 is 0 Å². The Labute approximate surface area is 234 Å². The van der Waals surface area contributed by atoms with Crippen molar-refractivity contribution >= 4 is 60.9 Å². The Kier molecular flexibility index (Phi) is 8.61. The second-order valence-electron chi connectivity index (χ2n) is 9.70. The minimum Gasteiger partial charge on any atom is -0.355 e. The van der Waals surface area contributed by atoms with Gasteiger partial charge in [0.2, 0.25) is 38.2 Å². The quantitative estimate of drug-likeness (QED) is 0.354. The van der Waals surface area contributed by atoms with Crippen molar-refractivity contribution in [1.29, 1.82) is 0 Å². The van der Waals surface area contributed by atoms with Crippen molar-refractivity contribution in [2.75, 3.05) is 40.5 Å². The number of anilines is 4. The summed E-state index contributed by atoms with van der Waals surface area (Å²) in [6.45, 7) is 3.75. The first kappa shape index (κ1) is 26.9. The van der Waals surface area contributed by atoms with Gasteiger partial charge in [0.25, 0.3) is 0 Å². The van der Waals surface area contributed by atoms with Crippen LogP contribution in [0.5, 0.6) is 0 Å². The van der Waals surface area contributed by atoms with Gasteiger partial charge in [-0.25, -0.2) is 0 Å². The van der Waals surface area contributed by atoms with Crippen LogP contribution >= 0.6 is 22.7 Å². The number of nitrogens with zero attached hydrogens (tertiary/aromatic N) is 6. The first-order chi connectivity index (χ1) is 18.9. The molecule has 1 aromatic carbocycles. The molecule has 5 rings (SSSR count). The lowest BCUT2D eigenvalue weighted by Gasteiger charge is -2.34. The fourth-order valence-corrected chi connectivity index (χ4v) is 6.44. The zero-order valence-electron chi connectivity index (χ0n) is 21.6. The van der Waals surface area contributed by atoms with Crippen LogP contribution < -0.4 is 20.9 Å². The summed E-state index contributed by atoms with van der Waals surface area (Å²) in [7, 11) is 0. The number of hydrogen-bond donors (Lipinski definition) is 3. The highest BCUT2D eigenvalue weighted by molar-refractivity contribution is 7.19. The summed E-state index contributed by atoms with van der Waals surface area (Å²) in [5.74, 6) is -0.273. The van der Waals surface area contributed by atoms with Gasteiger partial charge in [0.05, 0.1) is 6.42 Å². The van der Waals surface area contributed by atoms with E-state index in [-0.39, 0.29) is 42.6 Å². The molecule has 0 saturated carbocycles. The maximum Gasteiger partial charge on any atom is 0.230 e. The molecular formula is C25H31N9O3S2. The average Bonchev–Trinajstić information content (AvgIpc) is 3.67. The molecule has 2 saturated heterocycles. The van der Waals surface area contributed by atoms with E-state index in [2.05, 4.69) is 41.2 Å². The van der Waals surface area contributed by atoms with Crippen molar-refractivity contribution < 1.29 is 14.4 Å². The highest BCUT2D eigenvalue weighted by Crippen LogP contribution is 2.29. The molecule has 2 aliphatic heterocycles. The lowest BCUT2D eigenvalue weighted by molar-refractivity contribution is -0.133. The molecule has 0 radical (unpaired) electrons. The monoisotopic (exact) mass is 569 g/mol. The summed E-state index contributed by atoms with van der Waals surface area (Å²) >= 11 is 2.64. The molecule has 2 aliphatic rings. The van der Waals surface area contributed by atoms with Gasteiger partial charge in [0.1, 0.15) is 0 Å². The van der Waals surface area contributed by atoms with Crippen LogP contribution in [0.1, 0.15) is 44.6 Å². The van der Waals surface area contributed by atoms with E-state index in [0.717, 1.165) is 42.9 Å². The standard InChI is InChI=1S/C25H31N9O3S2/c1-16(35)34-11-6-5-9-19(34)14-21(37)28-24-31-32-25(39-24)33-12-10-18(15-33)26-22-29-30-23(38-22)27-20(36)13-17-7-3-2-4-8-17/h2-4,7-8,18-19H,5-6,9-15H2,1H3,(H,26,29)(H,27,30,36)(H,28,31,37)/t18-,19?/m1/s1. The lowest BCUT2D eigenvalue weighted by Crippen LogP contribution is -2.44. The van der Waals surface area contributed by atoms with Crippen molar-refractivity contribution in [3.8, 4) is 0 Å². The van der Waals surface area contributed by atoms with E-state index in [1.54, 1.807) is 11.8 Å². The minimum atomic E-state index is -0.153. The van der Waals surface area contributed by atoms with Crippen molar-refractivity contribution in [2.45, 2.75) is 57.5 Å². The molecular weight excluding hydrogens is 538 g/mol. The number of amides is 3.